The lowest BCUT2D eigenvalue weighted by atomic mass is 9.95. The van der Waals surface area contributed by atoms with Gasteiger partial charge >= 0.3 is 0 Å². The molecule has 1 amide bonds. The van der Waals surface area contributed by atoms with Gasteiger partial charge < -0.3 is 19.4 Å². The second kappa shape index (κ2) is 8.65. The average molecular weight is 417 g/mol. The van der Waals surface area contributed by atoms with Crippen LogP contribution in [0, 0.1) is 5.92 Å². The van der Waals surface area contributed by atoms with Crippen LogP contribution in [-0.2, 0) is 11.3 Å². The maximum atomic E-state index is 12.7. The number of nitrogens with one attached hydrogen (secondary N) is 1. The van der Waals surface area contributed by atoms with Gasteiger partial charge in [0.2, 0.25) is 5.91 Å². The zero-order valence-electron chi connectivity index (χ0n) is 17.2. The third kappa shape index (κ3) is 4.52. The van der Waals surface area contributed by atoms with Crippen LogP contribution in [0.1, 0.15) is 57.0 Å². The number of carbonyl (C=O) groups is 1. The van der Waals surface area contributed by atoms with Crippen LogP contribution in [0.15, 0.2) is 23.4 Å². The van der Waals surface area contributed by atoms with Gasteiger partial charge in [0.1, 0.15) is 19.0 Å². The summed E-state index contributed by atoms with van der Waals surface area (Å²) >= 11 is 1.45. The highest BCUT2D eigenvalue weighted by Gasteiger charge is 2.30. The Labute approximate surface area is 175 Å². The van der Waals surface area contributed by atoms with Crippen LogP contribution in [0.2, 0.25) is 0 Å². The lowest BCUT2D eigenvalue weighted by Crippen LogP contribution is -2.33. The van der Waals surface area contributed by atoms with E-state index < -0.39 is 0 Å². The van der Waals surface area contributed by atoms with Gasteiger partial charge in [-0.2, -0.15) is 0 Å². The summed E-state index contributed by atoms with van der Waals surface area (Å²) in [6.07, 6.45) is 2.38. The monoisotopic (exact) mass is 416 g/mol. The van der Waals surface area contributed by atoms with Crippen molar-refractivity contribution in [3.8, 4) is 11.5 Å². The summed E-state index contributed by atoms with van der Waals surface area (Å²) < 4.78 is 13.4. The smallest absolute Gasteiger partial charge is 0.230 e. The van der Waals surface area contributed by atoms with Crippen molar-refractivity contribution in [3.05, 3.63) is 29.6 Å². The molecule has 2 aliphatic rings. The van der Waals surface area contributed by atoms with Gasteiger partial charge in [-0.25, -0.2) is 0 Å². The lowest BCUT2D eigenvalue weighted by Gasteiger charge is -2.25. The first kappa shape index (κ1) is 20.1. The fourth-order valence-corrected chi connectivity index (χ4v) is 4.40. The minimum absolute atomic E-state index is 0.0118. The number of aromatic nitrogens is 3. The normalized spacial score (nSPS) is 16.7. The van der Waals surface area contributed by atoms with Crippen molar-refractivity contribution >= 4 is 17.7 Å². The number of benzene rings is 1. The topological polar surface area (TPSA) is 78.3 Å². The summed E-state index contributed by atoms with van der Waals surface area (Å²) in [5, 5.41) is 12.6. The third-order valence-corrected chi connectivity index (χ3v) is 6.21. The molecule has 29 heavy (non-hydrogen) atoms. The van der Waals surface area contributed by atoms with Crippen molar-refractivity contribution in [3.63, 3.8) is 0 Å². The predicted molar refractivity (Wildman–Crippen MR) is 112 cm³/mol. The highest BCUT2D eigenvalue weighted by molar-refractivity contribution is 7.99. The Morgan fingerprint density at radius 1 is 1.24 bits per heavy atom. The molecule has 2 heterocycles. The number of thioether (sulfide) groups is 1. The largest absolute Gasteiger partial charge is 0.486 e. The molecule has 4 rings (SSSR count). The second-order valence-corrected chi connectivity index (χ2v) is 8.78. The van der Waals surface area contributed by atoms with Crippen molar-refractivity contribution in [2.75, 3.05) is 19.0 Å². The van der Waals surface area contributed by atoms with Crippen LogP contribution in [-0.4, -0.2) is 39.6 Å². The zero-order chi connectivity index (χ0) is 20.4. The molecular formula is C21H28N4O3S. The third-order valence-electron chi connectivity index (χ3n) is 5.25. The number of nitrogens with zero attached hydrogens (tertiary/aromatic N) is 3. The highest BCUT2D eigenvalue weighted by atomic mass is 32.2. The highest BCUT2D eigenvalue weighted by Crippen LogP contribution is 2.40. The molecule has 2 aromatic rings. The number of amides is 1. The number of carbonyl (C=O) groups excluding carboxylic acids is 1. The van der Waals surface area contributed by atoms with Gasteiger partial charge in [-0.3, -0.25) is 4.79 Å². The molecular weight excluding hydrogens is 388 g/mol. The molecule has 0 saturated heterocycles. The molecule has 0 bridgehead atoms. The number of ether oxygens (including phenoxy) is 2. The fraction of sp³-hybridized carbons (Fsp3) is 0.571. The van der Waals surface area contributed by atoms with E-state index in [-0.39, 0.29) is 17.9 Å². The van der Waals surface area contributed by atoms with Crippen LogP contribution in [0.4, 0.5) is 0 Å². The van der Waals surface area contributed by atoms with E-state index in [1.807, 2.05) is 18.2 Å². The molecule has 1 aliphatic carbocycles. The van der Waals surface area contributed by atoms with E-state index in [1.165, 1.54) is 24.6 Å². The van der Waals surface area contributed by atoms with Gasteiger partial charge in [0.05, 0.1) is 11.8 Å². The van der Waals surface area contributed by atoms with Gasteiger partial charge in [0.25, 0.3) is 0 Å². The second-order valence-electron chi connectivity index (χ2n) is 7.84. The van der Waals surface area contributed by atoms with Gasteiger partial charge in [-0.15, -0.1) is 10.2 Å². The quantitative estimate of drug-likeness (QED) is 0.663. The molecule has 0 radical (unpaired) electrons. The number of fused-ring (bicyclic) bond motifs is 1. The molecule has 0 unspecified atom stereocenters. The first-order valence-corrected chi connectivity index (χ1v) is 11.3. The van der Waals surface area contributed by atoms with Gasteiger partial charge in [-0.05, 0) is 43.4 Å². The van der Waals surface area contributed by atoms with Crippen molar-refractivity contribution in [2.24, 2.45) is 5.92 Å². The van der Waals surface area contributed by atoms with Crippen molar-refractivity contribution < 1.29 is 14.3 Å². The van der Waals surface area contributed by atoms with Crippen molar-refractivity contribution in [2.45, 2.75) is 57.3 Å². The Morgan fingerprint density at radius 2 is 2.00 bits per heavy atom. The van der Waals surface area contributed by atoms with E-state index in [1.54, 1.807) is 0 Å². The maximum absolute atomic E-state index is 12.7. The first-order valence-electron chi connectivity index (χ1n) is 10.3. The molecule has 1 aromatic carbocycles. The standard InChI is InChI=1S/C21H28N4O3S/c1-4-25-20(14-5-6-14)23-24-21(25)29-12-18(26)22-19(13(2)3)15-7-8-16-17(11-15)28-10-9-27-16/h7-8,11,13-14,19H,4-6,9-10,12H2,1-3H3,(H,22,26)/t19-/m0/s1. The fourth-order valence-electron chi connectivity index (χ4n) is 3.58. The molecule has 1 fully saturated rings. The van der Waals surface area contributed by atoms with Crippen molar-refractivity contribution in [1.82, 2.24) is 20.1 Å². The van der Waals surface area contributed by atoms with Crippen LogP contribution in [0.25, 0.3) is 0 Å². The van der Waals surface area contributed by atoms with E-state index in [9.17, 15) is 4.79 Å². The molecule has 1 saturated carbocycles. The zero-order valence-corrected chi connectivity index (χ0v) is 18.0. The minimum atomic E-state index is -0.0926. The summed E-state index contributed by atoms with van der Waals surface area (Å²) in [6.45, 7) is 8.24. The number of rotatable bonds is 8. The number of hydrogen-bond acceptors (Lipinski definition) is 6. The van der Waals surface area contributed by atoms with E-state index in [0.29, 0.717) is 24.9 Å². The predicted octanol–water partition coefficient (Wildman–Crippen LogP) is 3.55. The maximum Gasteiger partial charge on any atom is 0.230 e. The van der Waals surface area contributed by atoms with Crippen LogP contribution in [0.3, 0.4) is 0 Å². The Bertz CT molecular complexity index is 879. The Balaban J connectivity index is 1.40. The van der Waals surface area contributed by atoms with Gasteiger partial charge in [-0.1, -0.05) is 31.7 Å². The lowest BCUT2D eigenvalue weighted by molar-refractivity contribution is -0.119. The average Bonchev–Trinajstić information content (AvgIpc) is 3.49. The minimum Gasteiger partial charge on any atom is -0.486 e. The van der Waals surface area contributed by atoms with E-state index >= 15 is 0 Å². The first-order chi connectivity index (χ1) is 14.1. The van der Waals surface area contributed by atoms with Crippen LogP contribution < -0.4 is 14.8 Å². The summed E-state index contributed by atoms with van der Waals surface area (Å²) in [6, 6.07) is 5.80. The Hall–Kier alpha value is -2.22. The van der Waals surface area contributed by atoms with Crippen LogP contribution in [0.5, 0.6) is 11.5 Å². The molecule has 1 N–H and O–H groups in total. The molecule has 1 atom stereocenters. The van der Waals surface area contributed by atoms with Crippen LogP contribution >= 0.6 is 11.8 Å². The molecule has 8 heteroatoms. The van der Waals surface area contributed by atoms with Crippen molar-refractivity contribution in [1.29, 1.82) is 0 Å². The summed E-state index contributed by atoms with van der Waals surface area (Å²) in [5.41, 5.74) is 1.02. The summed E-state index contributed by atoms with van der Waals surface area (Å²) in [7, 11) is 0. The molecule has 7 nitrogen and oxygen atoms in total. The van der Waals surface area contributed by atoms with E-state index in [2.05, 4.69) is 40.9 Å². The Kier molecular flexibility index (Phi) is 5.99. The van der Waals surface area contributed by atoms with E-state index in [4.69, 9.17) is 9.47 Å². The number of hydrogen-bond donors (Lipinski definition) is 1. The van der Waals surface area contributed by atoms with Gasteiger partial charge in [0.15, 0.2) is 16.7 Å². The molecule has 156 valence electrons. The Morgan fingerprint density at radius 3 is 2.69 bits per heavy atom. The summed E-state index contributed by atoms with van der Waals surface area (Å²) in [4.78, 5) is 12.7. The summed E-state index contributed by atoms with van der Waals surface area (Å²) in [5.74, 6) is 3.66. The SMILES string of the molecule is CCn1c(SCC(=O)N[C@H](c2ccc3c(c2)OCCO3)C(C)C)nnc1C1CC1. The molecule has 0 spiro atoms. The van der Waals surface area contributed by atoms with E-state index in [0.717, 1.165) is 34.6 Å². The van der Waals surface area contributed by atoms with Gasteiger partial charge in [0, 0.05) is 12.5 Å². The molecule has 1 aromatic heterocycles. The molecule has 1 aliphatic heterocycles.